The number of thioether (sulfide) groups is 1. The topological polar surface area (TPSA) is 98.3 Å². The van der Waals surface area contributed by atoms with Crippen molar-refractivity contribution >= 4 is 40.0 Å². The summed E-state index contributed by atoms with van der Waals surface area (Å²) in [6, 6.07) is 18.8. The van der Waals surface area contributed by atoms with Gasteiger partial charge in [0, 0.05) is 0 Å². The van der Waals surface area contributed by atoms with Crippen molar-refractivity contribution in [3.63, 3.8) is 0 Å². The molecule has 0 spiro atoms. The quantitative estimate of drug-likeness (QED) is 0.767. The molecular weight excluding hydrogens is 338 g/mol. The van der Waals surface area contributed by atoms with E-state index in [0.29, 0.717) is 10.9 Å². The van der Waals surface area contributed by atoms with Crippen LogP contribution in [0.2, 0.25) is 0 Å². The molecule has 1 amide bonds. The van der Waals surface area contributed by atoms with Gasteiger partial charge in [0.2, 0.25) is 5.17 Å². The Bertz CT molecular complexity index is 840. The lowest BCUT2D eigenvalue weighted by atomic mass is 10.3. The molecule has 0 aromatic heterocycles. The summed E-state index contributed by atoms with van der Waals surface area (Å²) in [4.78, 5) is 12.7. The molecule has 2 aliphatic rings. The molecule has 2 aromatic carbocycles. The number of nitrogens with zero attached hydrogens (tertiary/aromatic N) is 4. The van der Waals surface area contributed by atoms with Gasteiger partial charge in [-0.05, 0) is 24.3 Å². The maximum absolute atomic E-state index is 12.7. The van der Waals surface area contributed by atoms with E-state index in [-0.39, 0.29) is 11.7 Å². The van der Waals surface area contributed by atoms with E-state index in [1.807, 2.05) is 60.7 Å². The SMILES string of the molecule is NC1=NN(c2ccccc2)C(=O)C1SC1=NNNN1c1ccccc1. The maximum Gasteiger partial charge on any atom is 0.268 e. The average Bonchev–Trinajstić information content (AvgIpc) is 3.23. The van der Waals surface area contributed by atoms with Gasteiger partial charge in [0.1, 0.15) is 5.84 Å². The lowest BCUT2D eigenvalue weighted by molar-refractivity contribution is -0.116. The summed E-state index contributed by atoms with van der Waals surface area (Å²) in [6.07, 6.45) is 0. The Morgan fingerprint density at radius 2 is 1.64 bits per heavy atom. The van der Waals surface area contributed by atoms with Crippen molar-refractivity contribution in [2.45, 2.75) is 5.25 Å². The highest BCUT2D eigenvalue weighted by molar-refractivity contribution is 8.15. The molecule has 2 heterocycles. The number of anilines is 2. The van der Waals surface area contributed by atoms with Crippen LogP contribution in [-0.4, -0.2) is 22.2 Å². The lowest BCUT2D eigenvalue weighted by Gasteiger charge is -2.20. The van der Waals surface area contributed by atoms with E-state index >= 15 is 0 Å². The van der Waals surface area contributed by atoms with Crippen LogP contribution in [0, 0.1) is 0 Å². The third-order valence-corrected chi connectivity index (χ3v) is 4.82. The van der Waals surface area contributed by atoms with Gasteiger partial charge >= 0.3 is 0 Å². The number of hydrazine groups is 2. The highest BCUT2D eigenvalue weighted by atomic mass is 32.2. The van der Waals surface area contributed by atoms with E-state index in [4.69, 9.17) is 5.73 Å². The van der Waals surface area contributed by atoms with Crippen LogP contribution in [0.4, 0.5) is 11.4 Å². The highest BCUT2D eigenvalue weighted by Gasteiger charge is 2.39. The average molecular weight is 353 g/mol. The summed E-state index contributed by atoms with van der Waals surface area (Å²) >= 11 is 1.24. The van der Waals surface area contributed by atoms with Crippen LogP contribution in [0.25, 0.3) is 0 Å². The van der Waals surface area contributed by atoms with Crippen molar-refractivity contribution in [1.29, 1.82) is 0 Å². The molecule has 1 atom stereocenters. The Morgan fingerprint density at radius 1 is 1.00 bits per heavy atom. The van der Waals surface area contributed by atoms with Crippen molar-refractivity contribution in [2.24, 2.45) is 15.9 Å². The molecule has 2 aliphatic heterocycles. The van der Waals surface area contributed by atoms with Crippen LogP contribution in [0.1, 0.15) is 0 Å². The first-order valence-electron chi connectivity index (χ1n) is 7.57. The van der Waals surface area contributed by atoms with Crippen LogP contribution >= 0.6 is 11.8 Å². The number of nitrogens with two attached hydrogens (primary N) is 1. The summed E-state index contributed by atoms with van der Waals surface area (Å²) in [7, 11) is 0. The Hall–Kier alpha value is -3.04. The molecule has 0 fully saturated rings. The summed E-state index contributed by atoms with van der Waals surface area (Å²) in [5.74, 6) is 0.0535. The molecule has 4 rings (SSSR count). The van der Waals surface area contributed by atoms with Gasteiger partial charge in [0.25, 0.3) is 5.91 Å². The number of para-hydroxylation sites is 2. The molecule has 0 saturated carbocycles. The molecule has 2 aromatic rings. The number of hydrazone groups is 2. The van der Waals surface area contributed by atoms with Gasteiger partial charge in [-0.15, -0.1) is 10.6 Å². The number of hydrogen-bond acceptors (Lipinski definition) is 8. The summed E-state index contributed by atoms with van der Waals surface area (Å²) < 4.78 is 0. The predicted octanol–water partition coefficient (Wildman–Crippen LogP) is 1.21. The number of amidine groups is 2. The van der Waals surface area contributed by atoms with E-state index in [1.54, 1.807) is 5.01 Å². The molecule has 0 aliphatic carbocycles. The molecule has 9 heteroatoms. The van der Waals surface area contributed by atoms with Crippen molar-refractivity contribution in [1.82, 2.24) is 11.1 Å². The van der Waals surface area contributed by atoms with Crippen LogP contribution in [0.5, 0.6) is 0 Å². The molecule has 4 N–H and O–H groups in total. The molecule has 1 unspecified atom stereocenters. The number of rotatable bonds is 3. The van der Waals surface area contributed by atoms with E-state index < -0.39 is 5.25 Å². The van der Waals surface area contributed by atoms with E-state index in [9.17, 15) is 4.79 Å². The molecular formula is C16H15N7OS. The number of hydrogen-bond donors (Lipinski definition) is 3. The minimum atomic E-state index is -0.633. The van der Waals surface area contributed by atoms with Crippen LogP contribution in [-0.2, 0) is 4.79 Å². The van der Waals surface area contributed by atoms with Gasteiger partial charge in [0.15, 0.2) is 5.25 Å². The Kier molecular flexibility index (Phi) is 4.00. The zero-order valence-electron chi connectivity index (χ0n) is 13.0. The fraction of sp³-hybridized carbons (Fsp3) is 0.0625. The smallest absolute Gasteiger partial charge is 0.268 e. The van der Waals surface area contributed by atoms with Gasteiger partial charge in [-0.2, -0.15) is 10.1 Å². The first-order valence-corrected chi connectivity index (χ1v) is 8.45. The molecule has 25 heavy (non-hydrogen) atoms. The standard InChI is InChI=1S/C16H15N7OS/c17-14-13(15(24)22(19-14)11-7-3-1-4-8-11)25-16-18-20-21-23(16)12-9-5-2-6-10-12/h1-10,13,20-21H,(H2,17,19). The molecule has 0 saturated heterocycles. The second-order valence-corrected chi connectivity index (χ2v) is 6.37. The predicted molar refractivity (Wildman–Crippen MR) is 99.6 cm³/mol. The third kappa shape index (κ3) is 2.90. The molecule has 0 radical (unpaired) electrons. The first kappa shape index (κ1) is 15.5. The first-order chi connectivity index (χ1) is 12.2. The Labute approximate surface area is 148 Å². The number of carbonyl (C=O) groups excluding carboxylic acids is 1. The summed E-state index contributed by atoms with van der Waals surface area (Å²) in [6.45, 7) is 0. The molecule has 8 nitrogen and oxygen atoms in total. The van der Waals surface area contributed by atoms with Crippen LogP contribution in [0.3, 0.4) is 0 Å². The van der Waals surface area contributed by atoms with E-state index in [2.05, 4.69) is 21.3 Å². The van der Waals surface area contributed by atoms with Crippen LogP contribution < -0.4 is 26.8 Å². The van der Waals surface area contributed by atoms with Gasteiger partial charge in [-0.1, -0.05) is 48.2 Å². The van der Waals surface area contributed by atoms with Gasteiger partial charge in [-0.25, -0.2) is 10.5 Å². The monoisotopic (exact) mass is 353 g/mol. The minimum absolute atomic E-state index is 0.198. The Balaban J connectivity index is 1.53. The molecule has 0 bridgehead atoms. The van der Waals surface area contributed by atoms with Crippen LogP contribution in [0.15, 0.2) is 70.9 Å². The van der Waals surface area contributed by atoms with Gasteiger partial charge in [0.05, 0.1) is 11.4 Å². The van der Waals surface area contributed by atoms with Crippen molar-refractivity contribution in [3.05, 3.63) is 60.7 Å². The fourth-order valence-corrected chi connectivity index (χ4v) is 3.41. The number of amides is 1. The zero-order valence-corrected chi connectivity index (χ0v) is 13.9. The summed E-state index contributed by atoms with van der Waals surface area (Å²) in [5.41, 5.74) is 13.2. The normalized spacial score (nSPS) is 19.7. The fourth-order valence-electron chi connectivity index (χ4n) is 2.48. The van der Waals surface area contributed by atoms with Gasteiger partial charge < -0.3 is 5.73 Å². The third-order valence-electron chi connectivity index (χ3n) is 3.66. The second kappa shape index (κ2) is 6.46. The second-order valence-electron chi connectivity index (χ2n) is 5.30. The highest BCUT2D eigenvalue weighted by Crippen LogP contribution is 2.29. The molecule has 126 valence electrons. The number of nitrogens with one attached hydrogen (secondary N) is 2. The number of benzene rings is 2. The summed E-state index contributed by atoms with van der Waals surface area (Å²) in [5, 5.41) is 11.4. The van der Waals surface area contributed by atoms with Crippen molar-refractivity contribution in [2.75, 3.05) is 10.0 Å². The van der Waals surface area contributed by atoms with Gasteiger partial charge in [-0.3, -0.25) is 4.79 Å². The van der Waals surface area contributed by atoms with Crippen molar-refractivity contribution < 1.29 is 4.79 Å². The van der Waals surface area contributed by atoms with Crippen molar-refractivity contribution in [3.8, 4) is 0 Å². The Morgan fingerprint density at radius 3 is 2.32 bits per heavy atom. The lowest BCUT2D eigenvalue weighted by Crippen LogP contribution is -2.42. The number of carbonyl (C=O) groups is 1. The zero-order chi connectivity index (χ0) is 17.2. The van der Waals surface area contributed by atoms with E-state index in [0.717, 1.165) is 5.69 Å². The minimum Gasteiger partial charge on any atom is -0.384 e. The maximum atomic E-state index is 12.7. The van der Waals surface area contributed by atoms with E-state index in [1.165, 1.54) is 16.8 Å². The largest absolute Gasteiger partial charge is 0.384 e.